The minimum Gasteiger partial charge on any atom is -0.506 e. The summed E-state index contributed by atoms with van der Waals surface area (Å²) in [5, 5.41) is 24.6. The number of benzene rings is 1. The van der Waals surface area contributed by atoms with Crippen LogP contribution < -0.4 is 9.64 Å². The van der Waals surface area contributed by atoms with Crippen molar-refractivity contribution in [2.45, 2.75) is 0 Å². The van der Waals surface area contributed by atoms with Crippen LogP contribution in [-0.2, 0) is 7.05 Å². The van der Waals surface area contributed by atoms with Crippen LogP contribution in [0, 0.1) is 0 Å². The molecule has 0 amide bonds. The summed E-state index contributed by atoms with van der Waals surface area (Å²) < 4.78 is 7.24. The maximum absolute atomic E-state index is 10.7. The molecule has 1 fully saturated rings. The molecule has 0 saturated carbocycles. The molecule has 32 heavy (non-hydrogen) atoms. The Hall–Kier alpha value is -3.79. The molecule has 10 nitrogen and oxygen atoms in total. The summed E-state index contributed by atoms with van der Waals surface area (Å²) >= 11 is 0. The molecular formula is C22H24N8O2. The number of nitrogens with zero attached hydrogens (tertiary/aromatic N) is 8. The summed E-state index contributed by atoms with van der Waals surface area (Å²) in [5.74, 6) is 1.27. The number of pyridine rings is 1. The molecule has 164 valence electrons. The summed E-state index contributed by atoms with van der Waals surface area (Å²) in [6.07, 6.45) is 5.22. The summed E-state index contributed by atoms with van der Waals surface area (Å²) in [5.41, 5.74) is 3.17. The zero-order valence-corrected chi connectivity index (χ0v) is 18.2. The van der Waals surface area contributed by atoms with E-state index in [0.717, 1.165) is 48.2 Å². The predicted octanol–water partition coefficient (Wildman–Crippen LogP) is 1.95. The van der Waals surface area contributed by atoms with Gasteiger partial charge in [-0.15, -0.1) is 10.2 Å². The van der Waals surface area contributed by atoms with Gasteiger partial charge in [-0.05, 0) is 30.8 Å². The van der Waals surface area contributed by atoms with Crippen LogP contribution in [0.1, 0.15) is 0 Å². The van der Waals surface area contributed by atoms with Crippen LogP contribution >= 0.6 is 0 Å². The molecule has 4 heterocycles. The number of anilines is 1. The first kappa shape index (κ1) is 20.1. The first-order chi connectivity index (χ1) is 15.5. The zero-order chi connectivity index (χ0) is 22.2. The number of likely N-dealkylation sites (N-methyl/N-ethyl adjacent to an activating group) is 1. The molecule has 0 bridgehead atoms. The predicted molar refractivity (Wildman–Crippen MR) is 121 cm³/mol. The van der Waals surface area contributed by atoms with Crippen LogP contribution in [-0.4, -0.2) is 80.3 Å². The first-order valence-corrected chi connectivity index (χ1v) is 10.4. The normalized spacial score (nSPS) is 14.8. The van der Waals surface area contributed by atoms with E-state index in [1.54, 1.807) is 30.3 Å². The molecule has 1 aliphatic rings. The third-order valence-electron chi connectivity index (χ3n) is 5.69. The second-order valence-corrected chi connectivity index (χ2v) is 7.94. The quantitative estimate of drug-likeness (QED) is 0.518. The van der Waals surface area contributed by atoms with Gasteiger partial charge in [0.05, 0.1) is 13.3 Å². The molecule has 0 unspecified atom stereocenters. The summed E-state index contributed by atoms with van der Waals surface area (Å²) in [7, 11) is 5.58. The number of methoxy groups -OCH3 is 1. The first-order valence-electron chi connectivity index (χ1n) is 10.4. The van der Waals surface area contributed by atoms with Gasteiger partial charge in [0.25, 0.3) is 0 Å². The van der Waals surface area contributed by atoms with Gasteiger partial charge in [-0.1, -0.05) is 0 Å². The Morgan fingerprint density at radius 1 is 0.938 bits per heavy atom. The summed E-state index contributed by atoms with van der Waals surface area (Å²) in [6.45, 7) is 3.65. The molecule has 1 N–H and O–H groups in total. The third-order valence-corrected chi connectivity index (χ3v) is 5.69. The Morgan fingerprint density at radius 3 is 2.44 bits per heavy atom. The Balaban J connectivity index is 1.43. The van der Waals surface area contributed by atoms with E-state index >= 15 is 0 Å². The van der Waals surface area contributed by atoms with Crippen LogP contribution in [0.5, 0.6) is 11.5 Å². The number of ether oxygens (including phenoxy) is 1. The molecule has 1 aliphatic heterocycles. The lowest BCUT2D eigenvalue weighted by Crippen LogP contribution is -2.45. The summed E-state index contributed by atoms with van der Waals surface area (Å²) in [6, 6.07) is 5.54. The molecule has 0 spiro atoms. The van der Waals surface area contributed by atoms with E-state index in [2.05, 4.69) is 42.1 Å². The van der Waals surface area contributed by atoms with Crippen molar-refractivity contribution in [3.63, 3.8) is 0 Å². The highest BCUT2D eigenvalue weighted by molar-refractivity contribution is 5.90. The number of hydrogen-bond acceptors (Lipinski definition) is 9. The van der Waals surface area contributed by atoms with Gasteiger partial charge in [-0.2, -0.15) is 5.10 Å². The molecule has 3 aromatic heterocycles. The molecule has 0 atom stereocenters. The van der Waals surface area contributed by atoms with Crippen molar-refractivity contribution in [2.75, 3.05) is 45.2 Å². The van der Waals surface area contributed by atoms with Crippen LogP contribution in [0.4, 0.5) is 5.95 Å². The van der Waals surface area contributed by atoms with E-state index in [1.807, 2.05) is 25.4 Å². The van der Waals surface area contributed by atoms with E-state index < -0.39 is 0 Å². The number of aromatic hydroxyl groups is 1. The fraction of sp³-hybridized carbons (Fsp3) is 0.318. The molecule has 5 rings (SSSR count). The van der Waals surface area contributed by atoms with E-state index in [0.29, 0.717) is 23.1 Å². The number of piperazine rings is 1. The largest absolute Gasteiger partial charge is 0.506 e. The van der Waals surface area contributed by atoms with Gasteiger partial charge in [0.1, 0.15) is 28.4 Å². The zero-order valence-electron chi connectivity index (χ0n) is 18.2. The molecule has 0 aliphatic carbocycles. The molecule has 0 radical (unpaired) electrons. The van der Waals surface area contributed by atoms with Gasteiger partial charge >= 0.3 is 0 Å². The maximum Gasteiger partial charge on any atom is 0.245 e. The van der Waals surface area contributed by atoms with Gasteiger partial charge in [0.2, 0.25) is 5.95 Å². The Morgan fingerprint density at radius 2 is 1.75 bits per heavy atom. The Kier molecular flexibility index (Phi) is 5.06. The lowest BCUT2D eigenvalue weighted by Gasteiger charge is -2.31. The maximum atomic E-state index is 10.7. The van der Waals surface area contributed by atoms with Crippen LogP contribution in [0.15, 0.2) is 36.8 Å². The van der Waals surface area contributed by atoms with Crippen molar-refractivity contribution >= 4 is 16.9 Å². The average Bonchev–Trinajstić information content (AvgIpc) is 3.19. The highest BCUT2D eigenvalue weighted by Crippen LogP contribution is 2.34. The number of fused-ring (bicyclic) bond motifs is 1. The van der Waals surface area contributed by atoms with E-state index in [4.69, 9.17) is 4.74 Å². The minimum atomic E-state index is 0.0104. The topological polar surface area (TPSA) is 105 Å². The van der Waals surface area contributed by atoms with E-state index in [1.165, 1.54) is 0 Å². The lowest BCUT2D eigenvalue weighted by molar-refractivity contribution is 0.311. The van der Waals surface area contributed by atoms with Gasteiger partial charge in [-0.25, -0.2) is 9.97 Å². The molecule has 4 aromatic rings. The van der Waals surface area contributed by atoms with Crippen molar-refractivity contribution in [3.05, 3.63) is 36.8 Å². The van der Waals surface area contributed by atoms with Crippen LogP contribution in [0.25, 0.3) is 33.4 Å². The van der Waals surface area contributed by atoms with Crippen LogP contribution in [0.3, 0.4) is 0 Å². The second-order valence-electron chi connectivity index (χ2n) is 7.94. The van der Waals surface area contributed by atoms with E-state index in [-0.39, 0.29) is 5.75 Å². The van der Waals surface area contributed by atoms with Crippen molar-refractivity contribution < 1.29 is 9.84 Å². The highest BCUT2D eigenvalue weighted by Gasteiger charge is 2.18. The van der Waals surface area contributed by atoms with Gasteiger partial charge in [0.15, 0.2) is 0 Å². The smallest absolute Gasteiger partial charge is 0.245 e. The molecular weight excluding hydrogens is 408 g/mol. The number of hydrogen-bond donors (Lipinski definition) is 1. The van der Waals surface area contributed by atoms with Crippen molar-refractivity contribution in [3.8, 4) is 34.0 Å². The highest BCUT2D eigenvalue weighted by atomic mass is 16.5. The number of rotatable bonds is 4. The molecule has 1 saturated heterocycles. The number of aromatic nitrogens is 6. The molecule has 10 heteroatoms. The Bertz CT molecular complexity index is 1260. The fourth-order valence-corrected chi connectivity index (χ4v) is 3.88. The molecule has 1 aromatic carbocycles. The minimum absolute atomic E-state index is 0.0104. The summed E-state index contributed by atoms with van der Waals surface area (Å²) in [4.78, 5) is 13.3. The average molecular weight is 432 g/mol. The standard InChI is InChI=1S/C22H24N8O2/c1-28-4-6-30(7-5-28)22-24-12-17(25-26-22)21-18(31)9-15(11-23-21)14-8-16-13-29(2)27-20(16)19(10-14)32-3/h8-13,31H,4-7H2,1-3H3. The van der Waals surface area contributed by atoms with E-state index in [9.17, 15) is 5.11 Å². The van der Waals surface area contributed by atoms with Crippen molar-refractivity contribution in [2.24, 2.45) is 7.05 Å². The third kappa shape index (κ3) is 3.69. The SMILES string of the molecule is COc1cc(-c2cnc(-c3cnc(N4CCN(C)CC4)nn3)c(O)c2)cc2cn(C)nc12. The fourth-order valence-electron chi connectivity index (χ4n) is 3.88. The monoisotopic (exact) mass is 432 g/mol. The van der Waals surface area contributed by atoms with Crippen molar-refractivity contribution in [1.82, 2.24) is 34.8 Å². The van der Waals surface area contributed by atoms with Gasteiger partial charge in [-0.3, -0.25) is 4.68 Å². The van der Waals surface area contributed by atoms with Gasteiger partial charge < -0.3 is 19.6 Å². The Labute approximate surface area is 185 Å². The number of aryl methyl sites for hydroxylation is 1. The van der Waals surface area contributed by atoms with Crippen molar-refractivity contribution in [1.29, 1.82) is 0 Å². The lowest BCUT2D eigenvalue weighted by atomic mass is 10.0. The second kappa shape index (κ2) is 8.04. The van der Waals surface area contributed by atoms with Gasteiger partial charge in [0, 0.05) is 56.6 Å². The van der Waals surface area contributed by atoms with Crippen LogP contribution in [0.2, 0.25) is 0 Å².